The summed E-state index contributed by atoms with van der Waals surface area (Å²) in [5.41, 5.74) is 4.36. The Morgan fingerprint density at radius 2 is 1.65 bits per heavy atom. The average Bonchev–Trinajstić information content (AvgIpc) is 2.39. The summed E-state index contributed by atoms with van der Waals surface area (Å²) in [4.78, 5) is 0. The highest BCUT2D eigenvalue weighted by Gasteiger charge is 2.11. The molecule has 1 unspecified atom stereocenters. The van der Waals surface area contributed by atoms with Gasteiger partial charge in [-0.25, -0.2) is 0 Å². The molecule has 0 aromatic heterocycles. The molecule has 0 heterocycles. The molecule has 0 saturated heterocycles. The quantitative estimate of drug-likeness (QED) is 0.847. The van der Waals surface area contributed by atoms with Crippen molar-refractivity contribution in [2.75, 3.05) is 0 Å². The molecule has 1 nitrogen and oxygen atoms in total. The molecule has 0 saturated carbocycles. The highest BCUT2D eigenvalue weighted by atomic mass is 16.3. The third kappa shape index (κ3) is 2.56. The summed E-state index contributed by atoms with van der Waals surface area (Å²) in [6.45, 7) is 4.16. The first-order chi connectivity index (χ1) is 8.22. The molecule has 1 atom stereocenters. The Bertz CT molecular complexity index is 485. The van der Waals surface area contributed by atoms with E-state index in [0.29, 0.717) is 0 Å². The minimum Gasteiger partial charge on any atom is -0.384 e. The highest BCUT2D eigenvalue weighted by molar-refractivity contribution is 5.36. The minimum atomic E-state index is -0.526. The fourth-order valence-corrected chi connectivity index (χ4v) is 2.01. The first-order valence-corrected chi connectivity index (χ1v) is 6.04. The molecular weight excluding hydrogens is 208 g/mol. The van der Waals surface area contributed by atoms with Crippen LogP contribution >= 0.6 is 0 Å². The van der Waals surface area contributed by atoms with E-state index in [4.69, 9.17) is 0 Å². The second-order valence-corrected chi connectivity index (χ2v) is 4.35. The lowest BCUT2D eigenvalue weighted by Crippen LogP contribution is -2.01. The van der Waals surface area contributed by atoms with E-state index >= 15 is 0 Å². The molecule has 0 bridgehead atoms. The van der Waals surface area contributed by atoms with Gasteiger partial charge in [0, 0.05) is 0 Å². The number of hydrogen-bond acceptors (Lipinski definition) is 1. The average molecular weight is 226 g/mol. The van der Waals surface area contributed by atoms with E-state index in [9.17, 15) is 5.11 Å². The van der Waals surface area contributed by atoms with Crippen LogP contribution in [0.4, 0.5) is 0 Å². The van der Waals surface area contributed by atoms with Crippen molar-refractivity contribution in [1.82, 2.24) is 0 Å². The number of aryl methyl sites for hydroxylation is 2. The van der Waals surface area contributed by atoms with Crippen molar-refractivity contribution in [1.29, 1.82) is 0 Å². The zero-order chi connectivity index (χ0) is 12.3. The Kier molecular flexibility index (Phi) is 3.60. The summed E-state index contributed by atoms with van der Waals surface area (Å²) in [6.07, 6.45) is 0.503. The second kappa shape index (κ2) is 5.15. The van der Waals surface area contributed by atoms with Crippen molar-refractivity contribution in [3.05, 3.63) is 70.8 Å². The van der Waals surface area contributed by atoms with Crippen molar-refractivity contribution in [2.45, 2.75) is 26.4 Å². The number of benzene rings is 2. The predicted molar refractivity (Wildman–Crippen MR) is 71.1 cm³/mol. The molecule has 2 aromatic carbocycles. The summed E-state index contributed by atoms with van der Waals surface area (Å²) in [5.74, 6) is 0. The van der Waals surface area contributed by atoms with Crippen LogP contribution in [0.3, 0.4) is 0 Å². The lowest BCUT2D eigenvalue weighted by molar-refractivity contribution is 0.219. The molecular formula is C16H18O. The zero-order valence-corrected chi connectivity index (χ0v) is 10.4. The topological polar surface area (TPSA) is 20.2 Å². The van der Waals surface area contributed by atoms with Gasteiger partial charge in [0.25, 0.3) is 0 Å². The summed E-state index contributed by atoms with van der Waals surface area (Å²) in [6, 6.07) is 16.1. The summed E-state index contributed by atoms with van der Waals surface area (Å²) >= 11 is 0. The Hall–Kier alpha value is -1.60. The molecule has 0 spiro atoms. The molecule has 0 aliphatic rings. The van der Waals surface area contributed by atoms with Crippen molar-refractivity contribution in [2.24, 2.45) is 0 Å². The van der Waals surface area contributed by atoms with E-state index in [2.05, 4.69) is 19.1 Å². The monoisotopic (exact) mass is 226 g/mol. The van der Waals surface area contributed by atoms with Gasteiger partial charge in [0.2, 0.25) is 0 Å². The van der Waals surface area contributed by atoms with E-state index < -0.39 is 6.10 Å². The Balaban J connectivity index is 2.30. The summed E-state index contributed by atoms with van der Waals surface area (Å²) in [5, 5.41) is 10.3. The Labute approximate surface area is 103 Å². The van der Waals surface area contributed by atoms with Gasteiger partial charge in [0.1, 0.15) is 6.10 Å². The normalized spacial score (nSPS) is 12.4. The molecule has 0 aliphatic carbocycles. The Morgan fingerprint density at radius 3 is 2.24 bits per heavy atom. The number of aliphatic hydroxyl groups is 1. The van der Waals surface area contributed by atoms with Crippen LogP contribution in [0.25, 0.3) is 0 Å². The van der Waals surface area contributed by atoms with Gasteiger partial charge < -0.3 is 5.11 Å². The van der Waals surface area contributed by atoms with Gasteiger partial charge in [0.15, 0.2) is 0 Å². The smallest absolute Gasteiger partial charge is 0.104 e. The maximum Gasteiger partial charge on any atom is 0.104 e. The van der Waals surface area contributed by atoms with Gasteiger partial charge in [0.05, 0.1) is 0 Å². The van der Waals surface area contributed by atoms with E-state index in [1.54, 1.807) is 0 Å². The van der Waals surface area contributed by atoms with E-state index in [0.717, 1.165) is 23.1 Å². The van der Waals surface area contributed by atoms with Gasteiger partial charge in [-0.15, -0.1) is 0 Å². The molecule has 88 valence electrons. The number of hydrogen-bond donors (Lipinski definition) is 1. The number of aliphatic hydroxyl groups excluding tert-OH is 1. The molecule has 1 heteroatoms. The van der Waals surface area contributed by atoms with Crippen LogP contribution in [0.2, 0.25) is 0 Å². The molecule has 0 fully saturated rings. The fourth-order valence-electron chi connectivity index (χ4n) is 2.01. The van der Waals surface area contributed by atoms with E-state index in [1.807, 2.05) is 43.3 Å². The third-order valence-electron chi connectivity index (χ3n) is 3.19. The van der Waals surface area contributed by atoms with Crippen LogP contribution < -0.4 is 0 Å². The summed E-state index contributed by atoms with van der Waals surface area (Å²) < 4.78 is 0. The number of rotatable bonds is 3. The van der Waals surface area contributed by atoms with Crippen LogP contribution in [0.15, 0.2) is 48.5 Å². The van der Waals surface area contributed by atoms with Crippen molar-refractivity contribution in [3.8, 4) is 0 Å². The van der Waals surface area contributed by atoms with E-state index in [1.165, 1.54) is 5.56 Å². The molecule has 17 heavy (non-hydrogen) atoms. The minimum absolute atomic E-state index is 0.526. The third-order valence-corrected chi connectivity index (χ3v) is 3.19. The molecule has 0 amide bonds. The maximum absolute atomic E-state index is 10.3. The highest BCUT2D eigenvalue weighted by Crippen LogP contribution is 2.24. The van der Waals surface area contributed by atoms with Crippen LogP contribution in [-0.4, -0.2) is 5.11 Å². The maximum atomic E-state index is 10.3. The van der Waals surface area contributed by atoms with Crippen LogP contribution in [0.5, 0.6) is 0 Å². The molecule has 0 radical (unpaired) electrons. The van der Waals surface area contributed by atoms with Gasteiger partial charge in [-0.2, -0.15) is 0 Å². The SMILES string of the molecule is CCc1ccc(C(O)c2ccccc2C)cc1. The lowest BCUT2D eigenvalue weighted by Gasteiger charge is -2.14. The molecule has 2 aromatic rings. The van der Waals surface area contributed by atoms with Gasteiger partial charge in [-0.05, 0) is 35.6 Å². The zero-order valence-electron chi connectivity index (χ0n) is 10.4. The first-order valence-electron chi connectivity index (χ1n) is 6.04. The molecule has 2 rings (SSSR count). The van der Waals surface area contributed by atoms with Gasteiger partial charge in [-0.3, -0.25) is 0 Å². The Morgan fingerprint density at radius 1 is 1.00 bits per heavy atom. The van der Waals surface area contributed by atoms with Crippen LogP contribution in [0.1, 0.15) is 35.3 Å². The second-order valence-electron chi connectivity index (χ2n) is 4.35. The van der Waals surface area contributed by atoms with Crippen LogP contribution in [0, 0.1) is 6.92 Å². The standard InChI is InChI=1S/C16H18O/c1-3-13-8-10-14(11-9-13)16(17)15-7-5-4-6-12(15)2/h4-11,16-17H,3H2,1-2H3. The van der Waals surface area contributed by atoms with Crippen LogP contribution in [-0.2, 0) is 6.42 Å². The molecule has 0 aliphatic heterocycles. The van der Waals surface area contributed by atoms with Gasteiger partial charge >= 0.3 is 0 Å². The largest absolute Gasteiger partial charge is 0.384 e. The van der Waals surface area contributed by atoms with Crippen molar-refractivity contribution < 1.29 is 5.11 Å². The van der Waals surface area contributed by atoms with Crippen molar-refractivity contribution in [3.63, 3.8) is 0 Å². The van der Waals surface area contributed by atoms with Gasteiger partial charge in [-0.1, -0.05) is 55.5 Å². The summed E-state index contributed by atoms with van der Waals surface area (Å²) in [7, 11) is 0. The predicted octanol–water partition coefficient (Wildman–Crippen LogP) is 3.64. The lowest BCUT2D eigenvalue weighted by atomic mass is 9.96. The van der Waals surface area contributed by atoms with Crippen molar-refractivity contribution >= 4 is 0 Å². The molecule has 1 N–H and O–H groups in total. The first kappa shape index (κ1) is 11.9. The fraction of sp³-hybridized carbons (Fsp3) is 0.250. The van der Waals surface area contributed by atoms with E-state index in [-0.39, 0.29) is 0 Å².